The number of carbonyl (C=O) groups is 1. The average Bonchev–Trinajstić information content (AvgIpc) is 3.17. The first-order valence-electron chi connectivity index (χ1n) is 6.38. The zero-order valence-electron chi connectivity index (χ0n) is 11.4. The first-order chi connectivity index (χ1) is 8.86. The van der Waals surface area contributed by atoms with Crippen LogP contribution < -0.4 is 0 Å². The molecule has 0 spiro atoms. The van der Waals surface area contributed by atoms with Crippen LogP contribution in [0.3, 0.4) is 0 Å². The van der Waals surface area contributed by atoms with Crippen molar-refractivity contribution in [2.45, 2.75) is 45.2 Å². The van der Waals surface area contributed by atoms with Crippen molar-refractivity contribution >= 4 is 21.8 Å². The van der Waals surface area contributed by atoms with Crippen molar-refractivity contribution < 1.29 is 4.79 Å². The fraction of sp³-hybridized carbons (Fsp3) is 0.467. The van der Waals surface area contributed by atoms with Gasteiger partial charge in [0, 0.05) is 16.1 Å². The molecule has 0 unspecified atom stereocenters. The Morgan fingerprint density at radius 3 is 2.58 bits per heavy atom. The number of rotatable bonds is 3. The first kappa shape index (κ1) is 14.1. The molecule has 19 heavy (non-hydrogen) atoms. The third kappa shape index (κ3) is 2.82. The van der Waals surface area contributed by atoms with E-state index in [-0.39, 0.29) is 11.9 Å². The van der Waals surface area contributed by atoms with Crippen LogP contribution in [0.15, 0.2) is 22.7 Å². The molecule has 0 heterocycles. The Morgan fingerprint density at radius 1 is 1.47 bits per heavy atom. The second-order valence-corrected chi connectivity index (χ2v) is 6.40. The summed E-state index contributed by atoms with van der Waals surface area (Å²) in [5.74, 6) is -0.0604. The number of amides is 1. The van der Waals surface area contributed by atoms with Crippen molar-refractivity contribution in [3.8, 4) is 6.07 Å². The molecule has 100 valence electrons. The Labute approximate surface area is 122 Å². The largest absolute Gasteiger partial charge is 0.317 e. The first-order valence-corrected chi connectivity index (χ1v) is 7.17. The van der Waals surface area contributed by atoms with Gasteiger partial charge in [0.15, 0.2) is 0 Å². The van der Waals surface area contributed by atoms with Gasteiger partial charge in [0.2, 0.25) is 0 Å². The van der Waals surface area contributed by atoms with E-state index in [0.29, 0.717) is 5.56 Å². The van der Waals surface area contributed by atoms with Crippen molar-refractivity contribution in [3.05, 3.63) is 33.8 Å². The van der Waals surface area contributed by atoms with Gasteiger partial charge in [0.1, 0.15) is 5.54 Å². The molecule has 0 N–H and O–H groups in total. The smallest absolute Gasteiger partial charge is 0.255 e. The minimum absolute atomic E-state index is 0.0604. The van der Waals surface area contributed by atoms with Crippen molar-refractivity contribution in [1.82, 2.24) is 4.90 Å². The molecule has 3 nitrogen and oxygen atoms in total. The number of benzene rings is 1. The lowest BCUT2D eigenvalue weighted by molar-refractivity contribution is 0.0615. The molecule has 1 fully saturated rings. The van der Waals surface area contributed by atoms with Gasteiger partial charge in [-0.1, -0.05) is 22.0 Å². The van der Waals surface area contributed by atoms with E-state index in [1.165, 1.54) is 0 Å². The van der Waals surface area contributed by atoms with Crippen LogP contribution in [-0.2, 0) is 0 Å². The number of nitriles is 1. The summed E-state index contributed by atoms with van der Waals surface area (Å²) in [5.41, 5.74) is 0.956. The molecular weight excluding hydrogens is 304 g/mol. The zero-order chi connectivity index (χ0) is 14.2. The lowest BCUT2D eigenvalue weighted by Crippen LogP contribution is -2.48. The fourth-order valence-electron chi connectivity index (χ4n) is 2.13. The van der Waals surface area contributed by atoms with Crippen molar-refractivity contribution in [3.63, 3.8) is 0 Å². The second kappa shape index (κ2) is 4.97. The molecule has 1 aliphatic carbocycles. The Balaban J connectivity index is 2.35. The number of carbonyl (C=O) groups excluding carboxylic acids is 1. The van der Waals surface area contributed by atoms with Crippen LogP contribution in [-0.4, -0.2) is 22.4 Å². The van der Waals surface area contributed by atoms with E-state index in [1.807, 2.05) is 25.1 Å². The molecular formula is C15H17BrN2O. The maximum atomic E-state index is 12.6. The Hall–Kier alpha value is -1.34. The molecule has 0 saturated heterocycles. The Morgan fingerprint density at radius 2 is 2.11 bits per heavy atom. The highest BCUT2D eigenvalue weighted by Gasteiger charge is 2.42. The number of hydrogen-bond donors (Lipinski definition) is 0. The molecule has 0 aliphatic heterocycles. The molecule has 0 radical (unpaired) electrons. The summed E-state index contributed by atoms with van der Waals surface area (Å²) in [6.45, 7) is 5.58. The number of halogens is 1. The maximum absolute atomic E-state index is 12.6. The van der Waals surface area contributed by atoms with Gasteiger partial charge < -0.3 is 4.90 Å². The molecule has 2 rings (SSSR count). The van der Waals surface area contributed by atoms with Crippen LogP contribution in [0.1, 0.15) is 42.6 Å². The van der Waals surface area contributed by atoms with Crippen LogP contribution in [0.25, 0.3) is 0 Å². The van der Waals surface area contributed by atoms with E-state index >= 15 is 0 Å². The normalized spacial score (nSPS) is 14.9. The summed E-state index contributed by atoms with van der Waals surface area (Å²) in [5, 5.41) is 9.28. The van der Waals surface area contributed by atoms with Gasteiger partial charge in [0.05, 0.1) is 6.07 Å². The highest BCUT2D eigenvalue weighted by atomic mass is 79.9. The topological polar surface area (TPSA) is 44.1 Å². The van der Waals surface area contributed by atoms with E-state index in [2.05, 4.69) is 22.0 Å². The minimum atomic E-state index is -0.768. The maximum Gasteiger partial charge on any atom is 0.255 e. The fourth-order valence-corrected chi connectivity index (χ4v) is 2.51. The zero-order valence-corrected chi connectivity index (χ0v) is 13.0. The molecule has 0 aromatic heterocycles. The quantitative estimate of drug-likeness (QED) is 0.853. The summed E-state index contributed by atoms with van der Waals surface area (Å²) in [4.78, 5) is 14.4. The highest BCUT2D eigenvalue weighted by Crippen LogP contribution is 2.34. The summed E-state index contributed by atoms with van der Waals surface area (Å²) >= 11 is 3.45. The van der Waals surface area contributed by atoms with Crippen LogP contribution >= 0.6 is 15.9 Å². The number of nitrogens with zero attached hydrogens (tertiary/aromatic N) is 2. The highest BCUT2D eigenvalue weighted by molar-refractivity contribution is 9.10. The van der Waals surface area contributed by atoms with E-state index in [9.17, 15) is 10.1 Å². The lowest BCUT2D eigenvalue weighted by Gasteiger charge is -2.33. The van der Waals surface area contributed by atoms with Gasteiger partial charge in [-0.05, 0) is 51.3 Å². The SMILES string of the molecule is Cc1ccc(C(=O)N(C2CC2)C(C)(C)C#N)cc1Br. The molecule has 0 bridgehead atoms. The monoisotopic (exact) mass is 320 g/mol. The summed E-state index contributed by atoms with van der Waals surface area (Å²) in [7, 11) is 0. The number of hydrogen-bond acceptors (Lipinski definition) is 2. The minimum Gasteiger partial charge on any atom is -0.317 e. The predicted molar refractivity (Wildman–Crippen MR) is 77.8 cm³/mol. The number of aryl methyl sites for hydroxylation is 1. The van der Waals surface area contributed by atoms with E-state index in [0.717, 1.165) is 22.9 Å². The molecule has 4 heteroatoms. The van der Waals surface area contributed by atoms with E-state index in [1.54, 1.807) is 18.7 Å². The summed E-state index contributed by atoms with van der Waals surface area (Å²) < 4.78 is 0.920. The van der Waals surface area contributed by atoms with Crippen LogP contribution in [0.2, 0.25) is 0 Å². The Kier molecular flexibility index (Phi) is 3.69. The van der Waals surface area contributed by atoms with Gasteiger partial charge >= 0.3 is 0 Å². The van der Waals surface area contributed by atoms with Gasteiger partial charge in [-0.25, -0.2) is 0 Å². The van der Waals surface area contributed by atoms with Crippen molar-refractivity contribution in [2.24, 2.45) is 0 Å². The average molecular weight is 321 g/mol. The van der Waals surface area contributed by atoms with Gasteiger partial charge in [0.25, 0.3) is 5.91 Å². The molecule has 1 aromatic carbocycles. The molecule has 1 amide bonds. The molecule has 1 aromatic rings. The van der Waals surface area contributed by atoms with Crippen LogP contribution in [0.4, 0.5) is 0 Å². The lowest BCUT2D eigenvalue weighted by atomic mass is 10.0. The predicted octanol–water partition coefficient (Wildman–Crippen LogP) is 3.66. The van der Waals surface area contributed by atoms with Gasteiger partial charge in [-0.3, -0.25) is 4.79 Å². The van der Waals surface area contributed by atoms with Gasteiger partial charge in [-0.15, -0.1) is 0 Å². The van der Waals surface area contributed by atoms with E-state index in [4.69, 9.17) is 0 Å². The van der Waals surface area contributed by atoms with Crippen molar-refractivity contribution in [2.75, 3.05) is 0 Å². The third-order valence-electron chi connectivity index (χ3n) is 3.43. The molecule has 1 aliphatic rings. The molecule has 1 saturated carbocycles. The van der Waals surface area contributed by atoms with E-state index < -0.39 is 5.54 Å². The van der Waals surface area contributed by atoms with Crippen molar-refractivity contribution in [1.29, 1.82) is 5.26 Å². The van der Waals surface area contributed by atoms with Crippen LogP contribution in [0, 0.1) is 18.3 Å². The third-order valence-corrected chi connectivity index (χ3v) is 4.28. The van der Waals surface area contributed by atoms with Gasteiger partial charge in [-0.2, -0.15) is 5.26 Å². The Bertz CT molecular complexity index is 556. The molecule has 0 atom stereocenters. The standard InChI is InChI=1S/C15H17BrN2O/c1-10-4-5-11(8-13(10)16)14(19)18(12-6-7-12)15(2,3)9-17/h4-5,8,12H,6-7H2,1-3H3. The van der Waals surface area contributed by atoms with Crippen LogP contribution in [0.5, 0.6) is 0 Å². The summed E-state index contributed by atoms with van der Waals surface area (Å²) in [6.07, 6.45) is 1.98. The second-order valence-electron chi connectivity index (χ2n) is 5.54. The summed E-state index contributed by atoms with van der Waals surface area (Å²) in [6, 6.07) is 8.02.